The van der Waals surface area contributed by atoms with E-state index in [0.717, 1.165) is 10.5 Å². The number of fused-ring (bicyclic) bond motifs is 1. The van der Waals surface area contributed by atoms with Gasteiger partial charge in [0.1, 0.15) is 0 Å². The first kappa shape index (κ1) is 21.8. The average Bonchev–Trinajstić information content (AvgIpc) is 3.26. The molecule has 0 radical (unpaired) electrons. The van der Waals surface area contributed by atoms with Crippen LogP contribution in [0.4, 0.5) is 11.4 Å². The van der Waals surface area contributed by atoms with E-state index in [2.05, 4.69) is 10.6 Å². The Balaban J connectivity index is 1.40. The molecule has 1 unspecified atom stereocenters. The molecule has 0 aliphatic carbocycles. The van der Waals surface area contributed by atoms with E-state index >= 15 is 0 Å². The normalized spacial score (nSPS) is 12.8. The summed E-state index contributed by atoms with van der Waals surface area (Å²) in [5.41, 5.74) is 3.05. The molecule has 1 atom stereocenters. The van der Waals surface area contributed by atoms with Crippen molar-refractivity contribution in [3.8, 4) is 11.5 Å². The number of ether oxygens (including phenoxy) is 2. The number of thioether (sulfide) groups is 1. The van der Waals surface area contributed by atoms with Gasteiger partial charge in [0.05, 0.1) is 5.25 Å². The summed E-state index contributed by atoms with van der Waals surface area (Å²) >= 11 is 1.46. The summed E-state index contributed by atoms with van der Waals surface area (Å²) in [6.07, 6.45) is 0.654. The maximum Gasteiger partial charge on any atom is 0.255 e. The standard InChI is InChI=1S/C25H24N2O4S/c1-3-23(25(29)27-19-11-12-21-22(14-19)31-15-30-21)32-20-6-4-5-18(13-20)26-24(28)17-9-7-16(2)8-10-17/h4-14,23H,3,15H2,1-2H3,(H,26,28)(H,27,29). The summed E-state index contributed by atoms with van der Waals surface area (Å²) < 4.78 is 10.7. The molecule has 0 bridgehead atoms. The highest BCUT2D eigenvalue weighted by molar-refractivity contribution is 8.00. The van der Waals surface area contributed by atoms with Crippen LogP contribution < -0.4 is 20.1 Å². The molecular formula is C25H24N2O4S. The fourth-order valence-electron chi connectivity index (χ4n) is 3.24. The monoisotopic (exact) mass is 448 g/mol. The topological polar surface area (TPSA) is 76.7 Å². The van der Waals surface area contributed by atoms with Gasteiger partial charge in [0, 0.05) is 27.9 Å². The fourth-order valence-corrected chi connectivity index (χ4v) is 4.25. The molecule has 0 spiro atoms. The second-order valence-electron chi connectivity index (χ2n) is 7.42. The van der Waals surface area contributed by atoms with E-state index in [9.17, 15) is 9.59 Å². The number of amides is 2. The minimum absolute atomic E-state index is 0.0922. The predicted octanol–water partition coefficient (Wildman–Crippen LogP) is 5.49. The van der Waals surface area contributed by atoms with Crippen molar-refractivity contribution in [2.24, 2.45) is 0 Å². The van der Waals surface area contributed by atoms with Crippen LogP contribution in [0.25, 0.3) is 0 Å². The van der Waals surface area contributed by atoms with Crippen LogP contribution in [-0.2, 0) is 4.79 Å². The molecular weight excluding hydrogens is 424 g/mol. The van der Waals surface area contributed by atoms with Crippen molar-refractivity contribution >= 4 is 35.0 Å². The minimum atomic E-state index is -0.288. The molecule has 2 N–H and O–H groups in total. The largest absolute Gasteiger partial charge is 0.454 e. The molecule has 0 aromatic heterocycles. The lowest BCUT2D eigenvalue weighted by atomic mass is 10.1. The number of anilines is 2. The Morgan fingerprint density at radius 3 is 2.47 bits per heavy atom. The first-order chi connectivity index (χ1) is 15.5. The van der Waals surface area contributed by atoms with Gasteiger partial charge < -0.3 is 20.1 Å². The zero-order chi connectivity index (χ0) is 22.5. The number of carbonyl (C=O) groups excluding carboxylic acids is 2. The molecule has 0 saturated carbocycles. The third-order valence-corrected chi connectivity index (χ3v) is 6.35. The first-order valence-electron chi connectivity index (χ1n) is 10.4. The Morgan fingerprint density at radius 1 is 0.938 bits per heavy atom. The summed E-state index contributed by atoms with van der Waals surface area (Å²) in [5, 5.41) is 5.59. The van der Waals surface area contributed by atoms with E-state index in [0.29, 0.717) is 34.9 Å². The van der Waals surface area contributed by atoms with Gasteiger partial charge in [0.15, 0.2) is 11.5 Å². The van der Waals surface area contributed by atoms with Crippen molar-refractivity contribution in [3.63, 3.8) is 0 Å². The van der Waals surface area contributed by atoms with Crippen molar-refractivity contribution in [2.75, 3.05) is 17.4 Å². The van der Waals surface area contributed by atoms with Crippen LogP contribution in [0.1, 0.15) is 29.3 Å². The van der Waals surface area contributed by atoms with Gasteiger partial charge in [-0.3, -0.25) is 9.59 Å². The Bertz CT molecular complexity index is 1130. The van der Waals surface area contributed by atoms with Crippen LogP contribution in [0.5, 0.6) is 11.5 Å². The molecule has 6 nitrogen and oxygen atoms in total. The SMILES string of the molecule is CCC(Sc1cccc(NC(=O)c2ccc(C)cc2)c1)C(=O)Nc1ccc2c(c1)OCO2. The van der Waals surface area contributed by atoms with E-state index in [4.69, 9.17) is 9.47 Å². The maximum atomic E-state index is 12.8. The molecule has 1 heterocycles. The van der Waals surface area contributed by atoms with Crippen molar-refractivity contribution in [1.82, 2.24) is 0 Å². The van der Waals surface area contributed by atoms with Gasteiger partial charge in [0.2, 0.25) is 12.7 Å². The Labute approximate surface area is 191 Å². The lowest BCUT2D eigenvalue weighted by Crippen LogP contribution is -2.24. The van der Waals surface area contributed by atoms with Crippen molar-refractivity contribution in [1.29, 1.82) is 0 Å². The van der Waals surface area contributed by atoms with Crippen LogP contribution in [0.3, 0.4) is 0 Å². The molecule has 0 fully saturated rings. The zero-order valence-electron chi connectivity index (χ0n) is 17.9. The smallest absolute Gasteiger partial charge is 0.255 e. The number of carbonyl (C=O) groups is 2. The van der Waals surface area contributed by atoms with E-state index in [1.807, 2.05) is 50.2 Å². The summed E-state index contributed by atoms with van der Waals surface area (Å²) in [5.74, 6) is 1.04. The Morgan fingerprint density at radius 2 is 1.69 bits per heavy atom. The van der Waals surface area contributed by atoms with Crippen molar-refractivity contribution in [3.05, 3.63) is 77.9 Å². The highest BCUT2D eigenvalue weighted by Gasteiger charge is 2.20. The molecule has 4 rings (SSSR count). The van der Waals surface area contributed by atoms with Gasteiger partial charge in [-0.1, -0.05) is 30.7 Å². The highest BCUT2D eigenvalue weighted by Crippen LogP contribution is 2.35. The number of benzene rings is 3. The number of nitrogens with one attached hydrogen (secondary N) is 2. The molecule has 0 saturated heterocycles. The third-order valence-electron chi connectivity index (χ3n) is 4.99. The van der Waals surface area contributed by atoms with Gasteiger partial charge in [-0.15, -0.1) is 11.8 Å². The van der Waals surface area contributed by atoms with E-state index in [1.54, 1.807) is 30.3 Å². The molecule has 1 aliphatic heterocycles. The van der Waals surface area contributed by atoms with Gasteiger partial charge >= 0.3 is 0 Å². The quantitative estimate of drug-likeness (QED) is 0.468. The zero-order valence-corrected chi connectivity index (χ0v) is 18.7. The maximum absolute atomic E-state index is 12.8. The van der Waals surface area contributed by atoms with Crippen LogP contribution in [0, 0.1) is 6.92 Å². The van der Waals surface area contributed by atoms with Crippen molar-refractivity contribution in [2.45, 2.75) is 30.4 Å². The van der Waals surface area contributed by atoms with Gasteiger partial charge in [0.25, 0.3) is 5.91 Å². The van der Waals surface area contributed by atoms with E-state index < -0.39 is 0 Å². The second kappa shape index (κ2) is 9.78. The van der Waals surface area contributed by atoms with E-state index in [-0.39, 0.29) is 23.9 Å². The summed E-state index contributed by atoms with van der Waals surface area (Å²) in [4.78, 5) is 26.3. The molecule has 32 heavy (non-hydrogen) atoms. The van der Waals surface area contributed by atoms with Crippen LogP contribution in [0.2, 0.25) is 0 Å². The molecule has 1 aliphatic rings. The summed E-state index contributed by atoms with van der Waals surface area (Å²) in [6.45, 7) is 4.14. The van der Waals surface area contributed by atoms with Crippen LogP contribution in [-0.4, -0.2) is 23.9 Å². The molecule has 164 valence electrons. The Kier molecular flexibility index (Phi) is 6.66. The lowest BCUT2D eigenvalue weighted by Gasteiger charge is -2.16. The van der Waals surface area contributed by atoms with Gasteiger partial charge in [-0.05, 0) is 55.8 Å². The second-order valence-corrected chi connectivity index (χ2v) is 8.70. The minimum Gasteiger partial charge on any atom is -0.454 e. The number of hydrogen-bond donors (Lipinski definition) is 2. The number of rotatable bonds is 7. The van der Waals surface area contributed by atoms with Crippen LogP contribution in [0.15, 0.2) is 71.6 Å². The summed E-state index contributed by atoms with van der Waals surface area (Å²) in [7, 11) is 0. The fraction of sp³-hybridized carbons (Fsp3) is 0.200. The molecule has 2 amide bonds. The van der Waals surface area contributed by atoms with Gasteiger partial charge in [-0.25, -0.2) is 0 Å². The van der Waals surface area contributed by atoms with E-state index in [1.165, 1.54) is 11.8 Å². The lowest BCUT2D eigenvalue weighted by molar-refractivity contribution is -0.115. The number of aryl methyl sites for hydroxylation is 1. The Hall–Kier alpha value is -3.45. The van der Waals surface area contributed by atoms with Crippen LogP contribution >= 0.6 is 11.8 Å². The molecule has 7 heteroatoms. The number of hydrogen-bond acceptors (Lipinski definition) is 5. The molecule has 3 aromatic carbocycles. The third kappa shape index (κ3) is 5.23. The highest BCUT2D eigenvalue weighted by atomic mass is 32.2. The molecule has 3 aromatic rings. The average molecular weight is 449 g/mol. The summed E-state index contributed by atoms with van der Waals surface area (Å²) in [6, 6.07) is 20.3. The predicted molar refractivity (Wildman–Crippen MR) is 127 cm³/mol. The van der Waals surface area contributed by atoms with Crippen molar-refractivity contribution < 1.29 is 19.1 Å². The van der Waals surface area contributed by atoms with Gasteiger partial charge in [-0.2, -0.15) is 0 Å². The first-order valence-corrected chi connectivity index (χ1v) is 11.2.